The summed E-state index contributed by atoms with van der Waals surface area (Å²) >= 11 is 0. The smallest absolute Gasteiger partial charge is 0.314 e. The van der Waals surface area contributed by atoms with Crippen molar-refractivity contribution in [3.05, 3.63) is 59.9 Å². The SMILES string of the molecule is CN1CCC(F)(F)CC1.O=Cc1cnc2c(ccn2-c2ccc(C3(C(=O)O)CC3)cc2)c1. The molecule has 1 aliphatic carbocycles. The Bertz CT molecular complexity index is 1130. The molecule has 0 amide bonds. The minimum Gasteiger partial charge on any atom is -0.481 e. The van der Waals surface area contributed by atoms with Crippen LogP contribution in [0, 0.1) is 0 Å². The first-order chi connectivity index (χ1) is 15.2. The number of carbonyl (C=O) groups is 2. The predicted octanol–water partition coefficient (Wildman–Crippen LogP) is 4.30. The maximum Gasteiger partial charge on any atom is 0.314 e. The van der Waals surface area contributed by atoms with E-state index < -0.39 is 17.3 Å². The number of halogens is 2. The van der Waals surface area contributed by atoms with Gasteiger partial charge >= 0.3 is 5.97 Å². The molecule has 0 unspecified atom stereocenters. The summed E-state index contributed by atoms with van der Waals surface area (Å²) in [5, 5.41) is 10.2. The van der Waals surface area contributed by atoms with Crippen LogP contribution >= 0.6 is 0 Å². The number of rotatable bonds is 4. The maximum atomic E-state index is 12.4. The molecule has 0 spiro atoms. The Morgan fingerprint density at radius 3 is 2.28 bits per heavy atom. The third kappa shape index (κ3) is 4.41. The molecule has 168 valence electrons. The topological polar surface area (TPSA) is 75.4 Å². The molecule has 6 nitrogen and oxygen atoms in total. The average molecular weight is 441 g/mol. The van der Waals surface area contributed by atoms with Crippen molar-refractivity contribution in [2.24, 2.45) is 0 Å². The third-order valence-corrected chi connectivity index (χ3v) is 6.26. The fourth-order valence-electron chi connectivity index (χ4n) is 3.95. The number of piperidine rings is 1. The van der Waals surface area contributed by atoms with Crippen LogP contribution in [0.4, 0.5) is 8.78 Å². The Balaban J connectivity index is 0.000000230. The fourth-order valence-corrected chi connectivity index (χ4v) is 3.95. The number of hydrogen-bond donors (Lipinski definition) is 1. The largest absolute Gasteiger partial charge is 0.481 e. The molecule has 3 aromatic rings. The van der Waals surface area contributed by atoms with Crippen LogP contribution in [0.1, 0.15) is 41.6 Å². The number of benzene rings is 1. The number of alkyl halides is 2. The highest BCUT2D eigenvalue weighted by Gasteiger charge is 2.51. The summed E-state index contributed by atoms with van der Waals surface area (Å²) in [6, 6.07) is 11.3. The molecule has 1 aliphatic heterocycles. The van der Waals surface area contributed by atoms with Crippen LogP contribution in [-0.4, -0.2) is 57.9 Å². The van der Waals surface area contributed by atoms with Gasteiger partial charge in [0.1, 0.15) is 5.65 Å². The second kappa shape index (κ2) is 8.43. The number of carboxylic acid groups (broad SMARTS) is 1. The van der Waals surface area contributed by atoms with E-state index in [9.17, 15) is 23.5 Å². The summed E-state index contributed by atoms with van der Waals surface area (Å²) < 4.78 is 26.6. The van der Waals surface area contributed by atoms with E-state index in [1.165, 1.54) is 0 Å². The number of pyridine rings is 1. The molecule has 1 aromatic carbocycles. The molecule has 2 aliphatic rings. The molecule has 2 aromatic heterocycles. The summed E-state index contributed by atoms with van der Waals surface area (Å²) in [7, 11) is 1.87. The molecule has 2 fully saturated rings. The summed E-state index contributed by atoms with van der Waals surface area (Å²) in [6.45, 7) is 1.07. The van der Waals surface area contributed by atoms with E-state index >= 15 is 0 Å². The zero-order valence-corrected chi connectivity index (χ0v) is 17.8. The van der Waals surface area contributed by atoms with Crippen molar-refractivity contribution >= 4 is 23.3 Å². The standard InChI is InChI=1S/C18H14N2O3.C6H11F2N/c21-11-12-9-13-5-8-20(16(13)19-10-12)15-3-1-14(2-4-15)18(6-7-18)17(22)23;1-9-4-2-6(7,8)3-5-9/h1-5,8-11H,6-7H2,(H,22,23);2-5H2,1H3. The van der Waals surface area contributed by atoms with Gasteiger partial charge in [-0.15, -0.1) is 0 Å². The van der Waals surface area contributed by atoms with Crippen LogP contribution in [0.2, 0.25) is 0 Å². The Morgan fingerprint density at radius 2 is 1.75 bits per heavy atom. The quantitative estimate of drug-likeness (QED) is 0.611. The van der Waals surface area contributed by atoms with E-state index in [4.69, 9.17) is 0 Å². The zero-order valence-electron chi connectivity index (χ0n) is 17.8. The summed E-state index contributed by atoms with van der Waals surface area (Å²) in [6.07, 6.45) is 5.68. The highest BCUT2D eigenvalue weighted by molar-refractivity contribution is 5.86. The van der Waals surface area contributed by atoms with Gasteiger partial charge < -0.3 is 14.6 Å². The van der Waals surface area contributed by atoms with E-state index in [2.05, 4.69) is 4.98 Å². The molecule has 1 saturated heterocycles. The van der Waals surface area contributed by atoms with Gasteiger partial charge in [0.15, 0.2) is 6.29 Å². The van der Waals surface area contributed by atoms with Crippen LogP contribution in [0.15, 0.2) is 48.8 Å². The molecule has 5 rings (SSSR count). The van der Waals surface area contributed by atoms with Gasteiger partial charge in [0.25, 0.3) is 5.92 Å². The third-order valence-electron chi connectivity index (χ3n) is 6.26. The molecule has 3 heterocycles. The number of aromatic nitrogens is 2. The number of fused-ring (bicyclic) bond motifs is 1. The van der Waals surface area contributed by atoms with Crippen LogP contribution in [0.25, 0.3) is 16.7 Å². The minimum atomic E-state index is -2.38. The van der Waals surface area contributed by atoms with E-state index in [-0.39, 0.29) is 12.8 Å². The molecular weight excluding hydrogens is 416 g/mol. The lowest BCUT2D eigenvalue weighted by molar-refractivity contribution is -0.140. The number of carbonyl (C=O) groups excluding carboxylic acids is 1. The van der Waals surface area contributed by atoms with E-state index in [0.717, 1.165) is 28.6 Å². The number of aldehydes is 1. The summed E-state index contributed by atoms with van der Waals surface area (Å²) in [5.41, 5.74) is 2.39. The van der Waals surface area contributed by atoms with Gasteiger partial charge in [-0.25, -0.2) is 13.8 Å². The molecule has 0 bridgehead atoms. The molecule has 0 atom stereocenters. The second-order valence-electron chi connectivity index (χ2n) is 8.58. The predicted molar refractivity (Wildman–Crippen MR) is 117 cm³/mol. The normalized spacial score (nSPS) is 19.1. The molecular formula is C24H25F2N3O3. The van der Waals surface area contributed by atoms with Gasteiger partial charge in [0, 0.05) is 55.0 Å². The van der Waals surface area contributed by atoms with Crippen molar-refractivity contribution in [1.82, 2.24) is 14.5 Å². The first kappa shape index (κ1) is 22.1. The van der Waals surface area contributed by atoms with Crippen molar-refractivity contribution in [1.29, 1.82) is 0 Å². The number of hydrogen-bond acceptors (Lipinski definition) is 4. The average Bonchev–Trinajstić information content (AvgIpc) is 3.50. The second-order valence-corrected chi connectivity index (χ2v) is 8.58. The maximum absolute atomic E-state index is 12.4. The Hall–Kier alpha value is -3.13. The molecule has 1 saturated carbocycles. The monoisotopic (exact) mass is 441 g/mol. The number of carboxylic acids is 1. The first-order valence-corrected chi connectivity index (χ1v) is 10.6. The first-order valence-electron chi connectivity index (χ1n) is 10.6. The van der Waals surface area contributed by atoms with Crippen LogP contribution in [0.3, 0.4) is 0 Å². The molecule has 1 N–H and O–H groups in total. The van der Waals surface area contributed by atoms with Gasteiger partial charge in [-0.3, -0.25) is 9.59 Å². The van der Waals surface area contributed by atoms with E-state index in [1.807, 2.05) is 53.0 Å². The lowest BCUT2D eigenvalue weighted by atomic mass is 9.96. The van der Waals surface area contributed by atoms with E-state index in [1.54, 1.807) is 12.3 Å². The number of aliphatic carboxylic acids is 1. The van der Waals surface area contributed by atoms with Gasteiger partial charge in [-0.1, -0.05) is 12.1 Å². The van der Waals surface area contributed by atoms with Crippen LogP contribution in [-0.2, 0) is 10.2 Å². The zero-order chi connectivity index (χ0) is 22.9. The van der Waals surface area contributed by atoms with Crippen LogP contribution in [0.5, 0.6) is 0 Å². The molecule has 32 heavy (non-hydrogen) atoms. The lowest BCUT2D eigenvalue weighted by Gasteiger charge is -2.28. The number of nitrogens with zero attached hydrogens (tertiary/aromatic N) is 3. The van der Waals surface area contributed by atoms with Crippen molar-refractivity contribution in [3.8, 4) is 5.69 Å². The van der Waals surface area contributed by atoms with Crippen molar-refractivity contribution in [3.63, 3.8) is 0 Å². The molecule has 8 heteroatoms. The summed E-state index contributed by atoms with van der Waals surface area (Å²) in [4.78, 5) is 28.5. The van der Waals surface area contributed by atoms with Gasteiger partial charge in [-0.2, -0.15) is 0 Å². The van der Waals surface area contributed by atoms with Crippen molar-refractivity contribution in [2.45, 2.75) is 37.0 Å². The van der Waals surface area contributed by atoms with Crippen molar-refractivity contribution < 1.29 is 23.5 Å². The van der Waals surface area contributed by atoms with Crippen molar-refractivity contribution in [2.75, 3.05) is 20.1 Å². The summed E-state index contributed by atoms with van der Waals surface area (Å²) in [5.74, 6) is -3.13. The fraction of sp³-hybridized carbons (Fsp3) is 0.375. The highest BCUT2D eigenvalue weighted by atomic mass is 19.3. The minimum absolute atomic E-state index is 0.0312. The van der Waals surface area contributed by atoms with Gasteiger partial charge in [0.05, 0.1) is 5.41 Å². The Labute approximate surface area is 184 Å². The van der Waals surface area contributed by atoms with Gasteiger partial charge in [0.2, 0.25) is 0 Å². The highest BCUT2D eigenvalue weighted by Crippen LogP contribution is 2.48. The Morgan fingerprint density at radius 1 is 1.09 bits per heavy atom. The van der Waals surface area contributed by atoms with E-state index in [0.29, 0.717) is 31.5 Å². The van der Waals surface area contributed by atoms with Crippen LogP contribution < -0.4 is 0 Å². The Kier molecular flexibility index (Phi) is 5.81. The number of likely N-dealkylation sites (tertiary alicyclic amines) is 1. The lowest BCUT2D eigenvalue weighted by Crippen LogP contribution is -2.36. The van der Waals surface area contributed by atoms with Gasteiger partial charge in [-0.05, 0) is 49.7 Å². The molecule has 0 radical (unpaired) electrons.